The maximum atomic E-state index is 11.9. The Bertz CT molecular complexity index is 566. The summed E-state index contributed by atoms with van der Waals surface area (Å²) in [7, 11) is 0. The first-order valence-electron chi connectivity index (χ1n) is 4.84. The molecule has 0 saturated heterocycles. The molecule has 17 heavy (non-hydrogen) atoms. The van der Waals surface area contributed by atoms with Crippen LogP contribution in [0.3, 0.4) is 0 Å². The molecule has 2 aromatic rings. The van der Waals surface area contributed by atoms with Gasteiger partial charge in [-0.15, -0.1) is 0 Å². The highest BCUT2D eigenvalue weighted by Gasteiger charge is 2.12. The van der Waals surface area contributed by atoms with Gasteiger partial charge in [-0.1, -0.05) is 23.2 Å². The van der Waals surface area contributed by atoms with E-state index in [4.69, 9.17) is 23.2 Å². The first-order valence-corrected chi connectivity index (χ1v) is 5.60. The molecule has 6 heteroatoms. The van der Waals surface area contributed by atoms with Crippen LogP contribution in [0.4, 0.5) is 5.69 Å². The van der Waals surface area contributed by atoms with E-state index >= 15 is 0 Å². The monoisotopic (exact) mass is 269 g/mol. The van der Waals surface area contributed by atoms with Crippen molar-refractivity contribution < 1.29 is 4.79 Å². The van der Waals surface area contributed by atoms with Gasteiger partial charge in [0, 0.05) is 5.02 Å². The number of halogens is 2. The molecule has 2 N–H and O–H groups in total. The number of anilines is 1. The van der Waals surface area contributed by atoms with E-state index in [1.165, 1.54) is 0 Å². The van der Waals surface area contributed by atoms with E-state index in [1.807, 2.05) is 0 Å². The third-order valence-corrected chi connectivity index (χ3v) is 2.78. The molecule has 0 radical (unpaired) electrons. The number of H-pyrrole nitrogens is 1. The minimum absolute atomic E-state index is 0.288. The first-order chi connectivity index (χ1) is 8.08. The minimum Gasteiger partial charge on any atom is -0.319 e. The van der Waals surface area contributed by atoms with Crippen LogP contribution < -0.4 is 5.32 Å². The molecule has 0 aliphatic rings. The molecule has 1 amide bonds. The van der Waals surface area contributed by atoms with Gasteiger partial charge in [0.15, 0.2) is 0 Å². The lowest BCUT2D eigenvalue weighted by Crippen LogP contribution is -2.13. The molecule has 4 nitrogen and oxygen atoms in total. The zero-order chi connectivity index (χ0) is 12.4. The van der Waals surface area contributed by atoms with Crippen LogP contribution in [-0.2, 0) is 0 Å². The van der Waals surface area contributed by atoms with Crippen molar-refractivity contribution in [2.75, 3.05) is 5.32 Å². The highest BCUT2D eigenvalue weighted by atomic mass is 35.5. The topological polar surface area (TPSA) is 57.8 Å². The number of benzene rings is 1. The Hall–Kier alpha value is -1.52. The molecule has 0 unspecified atom stereocenters. The second kappa shape index (κ2) is 4.77. The summed E-state index contributed by atoms with van der Waals surface area (Å²) in [6.45, 7) is 1.79. The van der Waals surface area contributed by atoms with Gasteiger partial charge in [-0.2, -0.15) is 5.10 Å². The number of aromatic amines is 1. The van der Waals surface area contributed by atoms with Gasteiger partial charge in [0.25, 0.3) is 5.91 Å². The van der Waals surface area contributed by atoms with E-state index in [0.29, 0.717) is 21.4 Å². The van der Waals surface area contributed by atoms with Crippen molar-refractivity contribution in [3.63, 3.8) is 0 Å². The SMILES string of the molecule is Cc1cn[nH]c1C(=O)Nc1ccc(Cl)cc1Cl. The number of aromatic nitrogens is 2. The average Bonchev–Trinajstić information content (AvgIpc) is 2.68. The Morgan fingerprint density at radius 2 is 2.18 bits per heavy atom. The van der Waals surface area contributed by atoms with Gasteiger partial charge in [-0.05, 0) is 30.7 Å². The molecule has 0 saturated carbocycles. The van der Waals surface area contributed by atoms with Crippen LogP contribution in [0.1, 0.15) is 16.1 Å². The zero-order valence-electron chi connectivity index (χ0n) is 8.92. The fraction of sp³-hybridized carbons (Fsp3) is 0.0909. The van der Waals surface area contributed by atoms with Crippen LogP contribution >= 0.6 is 23.2 Å². The average molecular weight is 270 g/mol. The van der Waals surface area contributed by atoms with Crippen LogP contribution in [0.25, 0.3) is 0 Å². The Morgan fingerprint density at radius 3 is 2.76 bits per heavy atom. The molecule has 0 aliphatic carbocycles. The summed E-state index contributed by atoms with van der Waals surface area (Å²) >= 11 is 11.7. The van der Waals surface area contributed by atoms with Gasteiger partial charge in [0.05, 0.1) is 16.9 Å². The Kier molecular flexibility index (Phi) is 3.36. The number of rotatable bonds is 2. The third-order valence-electron chi connectivity index (χ3n) is 2.24. The van der Waals surface area contributed by atoms with Crippen LogP contribution in [0, 0.1) is 6.92 Å². The number of carbonyl (C=O) groups excluding carboxylic acids is 1. The summed E-state index contributed by atoms with van der Waals surface area (Å²) in [5.74, 6) is -0.288. The van der Waals surface area contributed by atoms with Crippen molar-refractivity contribution in [3.8, 4) is 0 Å². The largest absolute Gasteiger partial charge is 0.319 e. The predicted octanol–water partition coefficient (Wildman–Crippen LogP) is 3.28. The molecule has 0 fully saturated rings. The summed E-state index contributed by atoms with van der Waals surface area (Å²) in [5.41, 5.74) is 1.69. The maximum absolute atomic E-state index is 11.9. The van der Waals surface area contributed by atoms with Gasteiger partial charge in [-0.3, -0.25) is 9.89 Å². The van der Waals surface area contributed by atoms with E-state index in [9.17, 15) is 4.79 Å². The number of amides is 1. The maximum Gasteiger partial charge on any atom is 0.273 e. The standard InChI is InChI=1S/C11H9Cl2N3O/c1-6-5-14-16-10(6)11(17)15-9-3-2-7(12)4-8(9)13/h2-5H,1H3,(H,14,16)(H,15,17). The molecule has 1 heterocycles. The van der Waals surface area contributed by atoms with Crippen LogP contribution in [0.5, 0.6) is 0 Å². The molecule has 88 valence electrons. The summed E-state index contributed by atoms with van der Waals surface area (Å²) in [6.07, 6.45) is 1.58. The van der Waals surface area contributed by atoms with Crippen molar-refractivity contribution in [1.82, 2.24) is 10.2 Å². The number of nitrogens with one attached hydrogen (secondary N) is 2. The second-order valence-corrected chi connectivity index (χ2v) is 4.35. The van der Waals surface area contributed by atoms with Crippen molar-refractivity contribution in [1.29, 1.82) is 0 Å². The minimum atomic E-state index is -0.288. The van der Waals surface area contributed by atoms with E-state index in [0.717, 1.165) is 5.56 Å². The quantitative estimate of drug-likeness (QED) is 0.879. The van der Waals surface area contributed by atoms with Crippen LogP contribution in [0.2, 0.25) is 10.0 Å². The number of hydrogen-bond donors (Lipinski definition) is 2. The molecule has 0 atom stereocenters. The lowest BCUT2D eigenvalue weighted by atomic mass is 10.2. The summed E-state index contributed by atoms with van der Waals surface area (Å²) in [4.78, 5) is 11.9. The van der Waals surface area contributed by atoms with Crippen molar-refractivity contribution >= 4 is 34.8 Å². The normalized spacial score (nSPS) is 10.3. The van der Waals surface area contributed by atoms with Crippen LogP contribution in [-0.4, -0.2) is 16.1 Å². The van der Waals surface area contributed by atoms with Gasteiger partial charge in [0.1, 0.15) is 5.69 Å². The van der Waals surface area contributed by atoms with Crippen molar-refractivity contribution in [2.24, 2.45) is 0 Å². The Balaban J connectivity index is 2.22. The smallest absolute Gasteiger partial charge is 0.273 e. The van der Waals surface area contributed by atoms with Crippen LogP contribution in [0.15, 0.2) is 24.4 Å². The number of nitrogens with zero attached hydrogens (tertiary/aromatic N) is 1. The highest BCUT2D eigenvalue weighted by Crippen LogP contribution is 2.25. The van der Waals surface area contributed by atoms with Crippen molar-refractivity contribution in [3.05, 3.63) is 45.7 Å². The Labute approximate surface area is 108 Å². The zero-order valence-corrected chi connectivity index (χ0v) is 10.4. The van der Waals surface area contributed by atoms with Gasteiger partial charge in [-0.25, -0.2) is 0 Å². The van der Waals surface area contributed by atoms with E-state index < -0.39 is 0 Å². The number of hydrogen-bond acceptors (Lipinski definition) is 2. The molecule has 1 aromatic carbocycles. The summed E-state index contributed by atoms with van der Waals surface area (Å²) in [6, 6.07) is 4.87. The fourth-order valence-corrected chi connectivity index (χ4v) is 1.81. The molecular formula is C11H9Cl2N3O. The number of carbonyl (C=O) groups is 1. The summed E-state index contributed by atoms with van der Waals surface area (Å²) < 4.78 is 0. The molecule has 2 rings (SSSR count). The molecule has 0 spiro atoms. The third kappa shape index (κ3) is 2.60. The highest BCUT2D eigenvalue weighted by molar-refractivity contribution is 6.36. The first kappa shape index (κ1) is 12.0. The molecule has 0 bridgehead atoms. The molecular weight excluding hydrogens is 261 g/mol. The van der Waals surface area contributed by atoms with E-state index in [-0.39, 0.29) is 5.91 Å². The summed E-state index contributed by atoms with van der Waals surface area (Å²) in [5, 5.41) is 10.00. The van der Waals surface area contributed by atoms with E-state index in [2.05, 4.69) is 15.5 Å². The fourth-order valence-electron chi connectivity index (χ4n) is 1.35. The Morgan fingerprint density at radius 1 is 1.41 bits per heavy atom. The lowest BCUT2D eigenvalue weighted by Gasteiger charge is -2.06. The van der Waals surface area contributed by atoms with Gasteiger partial charge < -0.3 is 5.32 Å². The molecule has 1 aromatic heterocycles. The number of aryl methyl sites for hydroxylation is 1. The lowest BCUT2D eigenvalue weighted by molar-refractivity contribution is 0.102. The van der Waals surface area contributed by atoms with Crippen molar-refractivity contribution in [2.45, 2.75) is 6.92 Å². The predicted molar refractivity (Wildman–Crippen MR) is 67.7 cm³/mol. The van der Waals surface area contributed by atoms with Gasteiger partial charge >= 0.3 is 0 Å². The van der Waals surface area contributed by atoms with E-state index in [1.54, 1.807) is 31.3 Å². The second-order valence-electron chi connectivity index (χ2n) is 3.51. The van der Waals surface area contributed by atoms with Gasteiger partial charge in [0.2, 0.25) is 0 Å². The molecule has 0 aliphatic heterocycles.